The van der Waals surface area contributed by atoms with Crippen LogP contribution in [0.5, 0.6) is 0 Å². The van der Waals surface area contributed by atoms with E-state index in [1.54, 1.807) is 13.0 Å². The molecule has 1 atom stereocenters. The van der Waals surface area contributed by atoms with Gasteiger partial charge in [-0.2, -0.15) is 8.75 Å². The minimum Gasteiger partial charge on any atom is -0.250 e. The summed E-state index contributed by atoms with van der Waals surface area (Å²) in [5.74, 6) is -0.271. The molecule has 1 rings (SSSR count). The molecule has 0 N–H and O–H groups in total. The zero-order chi connectivity index (χ0) is 9.90. The largest absolute Gasteiger partial charge is 0.250 e. The number of nitrogens with zero attached hydrogens (tertiary/aromatic N) is 2. The summed E-state index contributed by atoms with van der Waals surface area (Å²) in [4.78, 5) is 3.41. The minimum atomic E-state index is -2.30. The number of halogens is 1. The summed E-state index contributed by atoms with van der Waals surface area (Å²) < 4.78 is 28.2. The average molecular weight is 202 g/mol. The van der Waals surface area contributed by atoms with Gasteiger partial charge in [0.05, 0.1) is 0 Å². The highest BCUT2D eigenvalue weighted by atomic mass is 32.2. The molecule has 0 radical (unpaired) electrons. The Labute approximate surface area is 77.2 Å². The van der Waals surface area contributed by atoms with Crippen molar-refractivity contribution in [3.8, 4) is 0 Å². The maximum absolute atomic E-state index is 12.9. The van der Waals surface area contributed by atoms with Gasteiger partial charge in [-0.25, -0.2) is 9.19 Å². The molecule has 0 aliphatic heterocycles. The van der Waals surface area contributed by atoms with Crippen molar-refractivity contribution < 1.29 is 8.60 Å². The Kier molecular flexibility index (Phi) is 2.98. The van der Waals surface area contributed by atoms with Crippen LogP contribution >= 0.6 is 0 Å². The summed E-state index contributed by atoms with van der Waals surface area (Å²) in [5, 5.41) is 0. The Bertz CT molecular complexity index is 410. The first kappa shape index (κ1) is 10.1. The summed E-state index contributed by atoms with van der Waals surface area (Å²) in [6.45, 7) is 1.75. The van der Waals surface area contributed by atoms with Crippen molar-refractivity contribution in [3.63, 3.8) is 0 Å². The minimum absolute atomic E-state index is 0.0665. The molecule has 0 unspecified atom stereocenters. The van der Waals surface area contributed by atoms with E-state index < -0.39 is 15.7 Å². The lowest BCUT2D eigenvalue weighted by Crippen LogP contribution is -1.98. The van der Waals surface area contributed by atoms with Crippen LogP contribution in [0.25, 0.3) is 0 Å². The van der Waals surface area contributed by atoms with Gasteiger partial charge < -0.3 is 0 Å². The number of hydrogen-bond donors (Lipinski definition) is 0. The molecule has 0 saturated carbocycles. The van der Waals surface area contributed by atoms with E-state index in [1.807, 2.05) is 0 Å². The average Bonchev–Trinajstić information content (AvgIpc) is 2.09. The van der Waals surface area contributed by atoms with Crippen molar-refractivity contribution in [2.75, 3.05) is 12.0 Å². The van der Waals surface area contributed by atoms with Crippen LogP contribution in [0.3, 0.4) is 0 Å². The Hall–Kier alpha value is -0.970. The highest BCUT2D eigenvalue weighted by Gasteiger charge is 2.03. The molecule has 0 aliphatic carbocycles. The Balaban J connectivity index is 3.19. The third-order valence-electron chi connectivity index (χ3n) is 1.57. The van der Waals surface area contributed by atoms with Crippen molar-refractivity contribution in [3.05, 3.63) is 24.3 Å². The molecule has 1 aromatic rings. The van der Waals surface area contributed by atoms with Crippen LogP contribution in [-0.2, 0) is 9.73 Å². The summed E-state index contributed by atoms with van der Waals surface area (Å²) in [7, 11) is -2.30. The lowest BCUT2D eigenvalue weighted by molar-refractivity contribution is 0.586. The topological polar surface area (TPSA) is 42.3 Å². The lowest BCUT2D eigenvalue weighted by Gasteiger charge is -1.99. The maximum atomic E-state index is 12.9. The van der Waals surface area contributed by atoms with Crippen LogP contribution in [0.1, 0.15) is 6.92 Å². The lowest BCUT2D eigenvalue weighted by atomic mass is 10.4. The fraction of sp³-hybridized carbons (Fsp3) is 0.375. The predicted octanol–water partition coefficient (Wildman–Crippen LogP) is 1.97. The van der Waals surface area contributed by atoms with Gasteiger partial charge in [0.15, 0.2) is 0 Å². The van der Waals surface area contributed by atoms with Gasteiger partial charge in [-0.05, 0) is 12.1 Å². The molecule has 0 fully saturated rings. The second-order valence-electron chi connectivity index (χ2n) is 2.65. The first-order chi connectivity index (χ1) is 6.05. The highest BCUT2D eigenvalue weighted by Crippen LogP contribution is 2.16. The van der Waals surface area contributed by atoms with Crippen molar-refractivity contribution >= 4 is 15.4 Å². The van der Waals surface area contributed by atoms with E-state index in [0.29, 0.717) is 5.75 Å². The van der Waals surface area contributed by atoms with Gasteiger partial charge in [-0.15, -0.1) is 0 Å². The molecule has 0 amide bonds. The maximum Gasteiger partial charge on any atom is 0.239 e. The number of rotatable bonds is 2. The van der Waals surface area contributed by atoms with Gasteiger partial charge in [0.1, 0.15) is 5.69 Å². The molecular formula is C8H11FN2OS. The molecule has 13 heavy (non-hydrogen) atoms. The molecule has 0 spiro atoms. The molecule has 1 heterocycles. The third kappa shape index (κ3) is 2.77. The summed E-state index contributed by atoms with van der Waals surface area (Å²) in [6, 6.07) is 3.02. The molecule has 72 valence electrons. The molecule has 5 heteroatoms. The van der Waals surface area contributed by atoms with Crippen molar-refractivity contribution in [2.24, 2.45) is 4.36 Å². The quantitative estimate of drug-likeness (QED) is 0.688. The Morgan fingerprint density at radius 3 is 2.92 bits per heavy atom. The number of hydrogen-bond acceptors (Lipinski definition) is 3. The SMILES string of the molecule is CC[S@@](C)(=O)=Nc1cccnc1F. The van der Waals surface area contributed by atoms with Gasteiger partial charge in [0.2, 0.25) is 5.95 Å². The Morgan fingerprint density at radius 2 is 2.38 bits per heavy atom. The zero-order valence-corrected chi connectivity index (χ0v) is 8.34. The van der Waals surface area contributed by atoms with E-state index >= 15 is 0 Å². The number of aromatic nitrogens is 1. The van der Waals surface area contributed by atoms with E-state index in [1.165, 1.54) is 18.5 Å². The van der Waals surface area contributed by atoms with Crippen LogP contribution in [0.2, 0.25) is 0 Å². The Morgan fingerprint density at radius 1 is 1.69 bits per heavy atom. The van der Waals surface area contributed by atoms with Gasteiger partial charge in [0.25, 0.3) is 0 Å². The van der Waals surface area contributed by atoms with Gasteiger partial charge >= 0.3 is 0 Å². The van der Waals surface area contributed by atoms with Gasteiger partial charge in [-0.3, -0.25) is 0 Å². The molecule has 3 nitrogen and oxygen atoms in total. The summed E-state index contributed by atoms with van der Waals surface area (Å²) in [5.41, 5.74) is 0.0665. The third-order valence-corrected chi connectivity index (χ3v) is 3.22. The summed E-state index contributed by atoms with van der Waals surface area (Å²) in [6.07, 6.45) is 2.83. The van der Waals surface area contributed by atoms with E-state index in [2.05, 4.69) is 9.35 Å². The van der Waals surface area contributed by atoms with Crippen molar-refractivity contribution in [1.82, 2.24) is 4.98 Å². The van der Waals surface area contributed by atoms with E-state index in [0.717, 1.165) is 0 Å². The highest BCUT2D eigenvalue weighted by molar-refractivity contribution is 7.93. The van der Waals surface area contributed by atoms with E-state index in [9.17, 15) is 8.60 Å². The first-order valence-electron chi connectivity index (χ1n) is 3.85. The van der Waals surface area contributed by atoms with Crippen LogP contribution in [0.4, 0.5) is 10.1 Å². The van der Waals surface area contributed by atoms with Crippen molar-refractivity contribution in [1.29, 1.82) is 0 Å². The second kappa shape index (κ2) is 3.83. The zero-order valence-electron chi connectivity index (χ0n) is 7.53. The molecule has 0 bridgehead atoms. The smallest absolute Gasteiger partial charge is 0.239 e. The molecular weight excluding hydrogens is 191 g/mol. The van der Waals surface area contributed by atoms with Gasteiger partial charge in [-0.1, -0.05) is 6.92 Å². The number of pyridine rings is 1. The standard InChI is InChI=1S/C8H11FN2OS/c1-3-13(2,12)11-7-5-4-6-10-8(7)9/h4-6H,3H2,1-2H3/t13-/m1/s1. The normalized spacial score (nSPS) is 15.0. The summed E-state index contributed by atoms with van der Waals surface area (Å²) >= 11 is 0. The van der Waals surface area contributed by atoms with Gasteiger partial charge in [0, 0.05) is 27.9 Å². The van der Waals surface area contributed by atoms with E-state index in [4.69, 9.17) is 0 Å². The van der Waals surface area contributed by atoms with Crippen molar-refractivity contribution in [2.45, 2.75) is 6.92 Å². The fourth-order valence-electron chi connectivity index (χ4n) is 0.718. The van der Waals surface area contributed by atoms with Crippen LogP contribution in [0.15, 0.2) is 22.7 Å². The molecule has 0 aliphatic rings. The first-order valence-corrected chi connectivity index (χ1v) is 5.95. The second-order valence-corrected chi connectivity index (χ2v) is 5.33. The fourth-order valence-corrected chi connectivity index (χ4v) is 1.40. The molecule has 0 aromatic carbocycles. The van der Waals surface area contributed by atoms with Crippen LogP contribution in [-0.4, -0.2) is 21.2 Å². The van der Waals surface area contributed by atoms with E-state index in [-0.39, 0.29) is 5.69 Å². The molecule has 1 aromatic heterocycles. The van der Waals surface area contributed by atoms with Crippen LogP contribution < -0.4 is 0 Å². The van der Waals surface area contributed by atoms with Crippen LogP contribution in [0, 0.1) is 5.95 Å². The predicted molar refractivity (Wildman–Crippen MR) is 50.9 cm³/mol. The molecule has 0 saturated heterocycles. The monoisotopic (exact) mass is 202 g/mol.